The highest BCUT2D eigenvalue weighted by atomic mass is 32.2. The lowest BCUT2D eigenvalue weighted by Crippen LogP contribution is -2.25. The fourth-order valence-corrected chi connectivity index (χ4v) is 4.64. The molecule has 0 bridgehead atoms. The molecule has 0 aliphatic carbocycles. The first-order chi connectivity index (χ1) is 15.7. The molecule has 8 nitrogen and oxygen atoms in total. The van der Waals surface area contributed by atoms with Crippen molar-refractivity contribution >= 4 is 32.7 Å². The molecule has 0 aliphatic heterocycles. The number of nitrogens with one attached hydrogen (secondary N) is 2. The number of amides is 1. The first-order valence-electron chi connectivity index (χ1n) is 10.3. The minimum atomic E-state index is -3.83. The Morgan fingerprint density at radius 3 is 2.36 bits per heavy atom. The van der Waals surface area contributed by atoms with Crippen molar-refractivity contribution in [2.45, 2.75) is 31.8 Å². The van der Waals surface area contributed by atoms with E-state index in [1.807, 2.05) is 62.4 Å². The summed E-state index contributed by atoms with van der Waals surface area (Å²) in [5, 5.41) is 2.78. The molecule has 0 radical (unpaired) electrons. The van der Waals surface area contributed by atoms with Gasteiger partial charge in [0.05, 0.1) is 10.4 Å². The third-order valence-electron chi connectivity index (χ3n) is 5.07. The van der Waals surface area contributed by atoms with Gasteiger partial charge in [0.25, 0.3) is 0 Å². The van der Waals surface area contributed by atoms with E-state index >= 15 is 0 Å². The maximum Gasteiger partial charge on any atom is 0.420 e. The molecule has 4 aromatic rings. The lowest BCUT2D eigenvalue weighted by Gasteiger charge is -2.08. The van der Waals surface area contributed by atoms with Crippen LogP contribution in [-0.4, -0.2) is 18.9 Å². The van der Waals surface area contributed by atoms with Gasteiger partial charge in [-0.1, -0.05) is 36.4 Å². The number of nitrogens with zero attached hydrogens (tertiary/aromatic N) is 1. The van der Waals surface area contributed by atoms with Crippen LogP contribution in [-0.2, 0) is 27.9 Å². The number of hydrogen-bond donors (Lipinski definition) is 2. The van der Waals surface area contributed by atoms with Crippen LogP contribution in [0, 0.1) is 13.8 Å². The number of carbonyl (C=O) groups is 1. The fraction of sp³-hybridized carbons (Fsp3) is 0.167. The topological polar surface area (TPSA) is 110 Å². The van der Waals surface area contributed by atoms with Crippen LogP contribution in [0.2, 0.25) is 0 Å². The number of aryl methyl sites for hydroxylation is 2. The molecule has 0 saturated carbocycles. The Hall–Kier alpha value is -3.69. The van der Waals surface area contributed by atoms with E-state index < -0.39 is 21.7 Å². The Labute approximate surface area is 190 Å². The quantitative estimate of drug-likeness (QED) is 0.435. The monoisotopic (exact) mass is 465 g/mol. The van der Waals surface area contributed by atoms with Gasteiger partial charge in [-0.15, -0.1) is 0 Å². The molecule has 0 atom stereocenters. The van der Waals surface area contributed by atoms with Crippen molar-refractivity contribution in [2.75, 3.05) is 5.32 Å². The predicted molar refractivity (Wildman–Crippen MR) is 125 cm³/mol. The Morgan fingerprint density at radius 1 is 0.970 bits per heavy atom. The van der Waals surface area contributed by atoms with Crippen molar-refractivity contribution in [1.82, 2.24) is 9.29 Å². The van der Waals surface area contributed by atoms with Crippen molar-refractivity contribution in [3.8, 4) is 0 Å². The van der Waals surface area contributed by atoms with Gasteiger partial charge in [0.1, 0.15) is 6.54 Å². The van der Waals surface area contributed by atoms with Crippen molar-refractivity contribution in [1.29, 1.82) is 0 Å². The molecule has 0 unspecified atom stereocenters. The normalized spacial score (nSPS) is 11.6. The second kappa shape index (κ2) is 9.05. The van der Waals surface area contributed by atoms with Gasteiger partial charge in [-0.05, 0) is 54.8 Å². The summed E-state index contributed by atoms with van der Waals surface area (Å²) in [6.45, 7) is 3.72. The number of sulfonamides is 1. The van der Waals surface area contributed by atoms with E-state index in [9.17, 15) is 18.0 Å². The van der Waals surface area contributed by atoms with E-state index in [4.69, 9.17) is 4.42 Å². The summed E-state index contributed by atoms with van der Waals surface area (Å²) >= 11 is 0. The first-order valence-corrected chi connectivity index (χ1v) is 11.7. The Kier molecular flexibility index (Phi) is 6.17. The van der Waals surface area contributed by atoms with E-state index in [2.05, 4.69) is 10.0 Å². The van der Waals surface area contributed by atoms with Crippen LogP contribution in [0.3, 0.4) is 0 Å². The van der Waals surface area contributed by atoms with Crippen LogP contribution in [0.4, 0.5) is 5.69 Å². The smallest absolute Gasteiger partial charge is 0.408 e. The van der Waals surface area contributed by atoms with Gasteiger partial charge < -0.3 is 9.73 Å². The number of hydrogen-bond acceptors (Lipinski definition) is 5. The second-order valence-electron chi connectivity index (χ2n) is 7.82. The van der Waals surface area contributed by atoms with Gasteiger partial charge in [0, 0.05) is 18.3 Å². The summed E-state index contributed by atoms with van der Waals surface area (Å²) in [4.78, 5) is 24.8. The number of benzene rings is 3. The van der Waals surface area contributed by atoms with E-state index in [0.717, 1.165) is 16.7 Å². The Balaban J connectivity index is 1.53. The average Bonchev–Trinajstić information content (AvgIpc) is 3.06. The molecule has 0 fully saturated rings. The molecule has 33 heavy (non-hydrogen) atoms. The Bertz CT molecular complexity index is 1470. The predicted octanol–water partition coefficient (Wildman–Crippen LogP) is 3.33. The van der Waals surface area contributed by atoms with E-state index in [0.29, 0.717) is 11.2 Å². The zero-order valence-corrected chi connectivity index (χ0v) is 19.0. The van der Waals surface area contributed by atoms with Crippen molar-refractivity contribution in [2.24, 2.45) is 0 Å². The summed E-state index contributed by atoms with van der Waals surface area (Å²) < 4.78 is 34.3. The molecule has 1 amide bonds. The molecule has 2 N–H and O–H groups in total. The number of oxazole rings is 1. The van der Waals surface area contributed by atoms with Crippen molar-refractivity contribution in [3.63, 3.8) is 0 Å². The standard InChI is InChI=1S/C24H23N3O5S/c1-16-10-17(2)12-19(11-16)26-23(28)15-27-21-9-8-20(13-22(21)32-24(27)29)33(30,31)25-14-18-6-4-3-5-7-18/h3-13,25H,14-15H2,1-2H3,(H,26,28). The minimum absolute atomic E-state index is 0.0356. The summed E-state index contributed by atoms with van der Waals surface area (Å²) in [5.74, 6) is -1.14. The highest BCUT2D eigenvalue weighted by molar-refractivity contribution is 7.89. The van der Waals surface area contributed by atoms with E-state index in [-0.39, 0.29) is 23.6 Å². The second-order valence-corrected chi connectivity index (χ2v) is 9.59. The maximum absolute atomic E-state index is 12.7. The van der Waals surface area contributed by atoms with Gasteiger partial charge in [0.2, 0.25) is 15.9 Å². The molecule has 0 aliphatic rings. The van der Waals surface area contributed by atoms with Crippen LogP contribution in [0.5, 0.6) is 0 Å². The molecular formula is C24H23N3O5S. The van der Waals surface area contributed by atoms with Gasteiger partial charge in [0.15, 0.2) is 5.58 Å². The third-order valence-corrected chi connectivity index (χ3v) is 6.47. The molecule has 1 aromatic heterocycles. The summed E-state index contributed by atoms with van der Waals surface area (Å²) in [6, 6.07) is 18.9. The molecular weight excluding hydrogens is 442 g/mol. The Morgan fingerprint density at radius 2 is 1.67 bits per heavy atom. The average molecular weight is 466 g/mol. The number of fused-ring (bicyclic) bond motifs is 1. The molecule has 170 valence electrons. The van der Waals surface area contributed by atoms with Crippen LogP contribution in [0.25, 0.3) is 11.1 Å². The molecule has 0 spiro atoms. The number of anilines is 1. The molecule has 4 rings (SSSR count). The first kappa shape index (κ1) is 22.5. The summed E-state index contributed by atoms with van der Waals surface area (Å²) in [7, 11) is -3.83. The van der Waals surface area contributed by atoms with Crippen LogP contribution in [0.15, 0.2) is 80.8 Å². The number of aromatic nitrogens is 1. The zero-order valence-electron chi connectivity index (χ0n) is 18.2. The largest absolute Gasteiger partial charge is 0.420 e. The van der Waals surface area contributed by atoms with Gasteiger partial charge in [-0.25, -0.2) is 17.9 Å². The van der Waals surface area contributed by atoms with Crippen LogP contribution >= 0.6 is 0 Å². The van der Waals surface area contributed by atoms with Gasteiger partial charge in [-0.3, -0.25) is 9.36 Å². The molecule has 9 heteroatoms. The molecule has 3 aromatic carbocycles. The molecule has 0 saturated heterocycles. The highest BCUT2D eigenvalue weighted by Crippen LogP contribution is 2.19. The van der Waals surface area contributed by atoms with Gasteiger partial charge in [-0.2, -0.15) is 0 Å². The van der Waals surface area contributed by atoms with Crippen LogP contribution < -0.4 is 15.8 Å². The lowest BCUT2D eigenvalue weighted by atomic mass is 10.1. The summed E-state index contributed by atoms with van der Waals surface area (Å²) in [5.41, 5.74) is 3.88. The van der Waals surface area contributed by atoms with Crippen molar-refractivity contribution in [3.05, 3.63) is 94.0 Å². The lowest BCUT2D eigenvalue weighted by molar-refractivity contribution is -0.116. The summed E-state index contributed by atoms with van der Waals surface area (Å²) in [6.07, 6.45) is 0. The maximum atomic E-state index is 12.7. The van der Waals surface area contributed by atoms with Gasteiger partial charge >= 0.3 is 5.76 Å². The third kappa shape index (κ3) is 5.21. The van der Waals surface area contributed by atoms with E-state index in [1.54, 1.807) is 0 Å². The molecule has 1 heterocycles. The van der Waals surface area contributed by atoms with Crippen LogP contribution in [0.1, 0.15) is 16.7 Å². The number of rotatable bonds is 7. The SMILES string of the molecule is Cc1cc(C)cc(NC(=O)Cn2c(=O)oc3cc(S(=O)(=O)NCc4ccccc4)ccc32)c1. The highest BCUT2D eigenvalue weighted by Gasteiger charge is 2.19. The number of carbonyl (C=O) groups excluding carboxylic acids is 1. The fourth-order valence-electron chi connectivity index (χ4n) is 3.61. The van der Waals surface area contributed by atoms with E-state index in [1.165, 1.54) is 22.8 Å². The zero-order chi connectivity index (χ0) is 23.6. The minimum Gasteiger partial charge on any atom is -0.408 e. The van der Waals surface area contributed by atoms with Crippen molar-refractivity contribution < 1.29 is 17.6 Å².